The maximum absolute atomic E-state index is 13.0. The van der Waals surface area contributed by atoms with Gasteiger partial charge in [-0.3, -0.25) is 4.79 Å². The van der Waals surface area contributed by atoms with Gasteiger partial charge >= 0.3 is 0 Å². The zero-order valence-corrected chi connectivity index (χ0v) is 44.8. The third kappa shape index (κ3) is 39.4. The van der Waals surface area contributed by atoms with Gasteiger partial charge in [-0.05, 0) is 51.4 Å². The number of unbranched alkanes of at least 4 members (excludes halogenated alkanes) is 32. The number of carbonyl (C=O) groups is 1. The second kappa shape index (κ2) is 49.7. The topological polar surface area (TPSA) is 149 Å². The SMILES string of the molecule is CC/C=C\C/C=C\C/C=C\C/C=C\CCCCCCCCCCCCCCCCCCCCCCCCC(=O)NC(COC1OC(CO)C(O)C(O)C1O)C(O)CCCCCCCCCCCCC. The van der Waals surface area contributed by atoms with Crippen molar-refractivity contribution >= 4 is 5.91 Å². The molecule has 1 fully saturated rings. The lowest BCUT2D eigenvalue weighted by Crippen LogP contribution is -2.60. The highest BCUT2D eigenvalue weighted by Crippen LogP contribution is 2.23. The number of hydrogen-bond acceptors (Lipinski definition) is 8. The Kier molecular flexibility index (Phi) is 47.0. The van der Waals surface area contributed by atoms with Crippen molar-refractivity contribution in [2.24, 2.45) is 0 Å². The molecule has 0 radical (unpaired) electrons. The number of amides is 1. The quantitative estimate of drug-likeness (QED) is 0.0261. The van der Waals surface area contributed by atoms with E-state index in [1.807, 2.05) is 0 Å². The molecule has 0 spiro atoms. The molecule has 0 aromatic heterocycles. The van der Waals surface area contributed by atoms with Gasteiger partial charge in [-0.1, -0.05) is 262 Å². The average Bonchev–Trinajstić information content (AvgIpc) is 3.35. The smallest absolute Gasteiger partial charge is 0.220 e. The van der Waals surface area contributed by atoms with E-state index in [0.717, 1.165) is 64.2 Å². The molecule has 1 aliphatic heterocycles. The molecular formula is C60H111NO8. The fourth-order valence-corrected chi connectivity index (χ4v) is 9.33. The van der Waals surface area contributed by atoms with Crippen LogP contribution in [0.3, 0.4) is 0 Å². The summed E-state index contributed by atoms with van der Waals surface area (Å²) in [5.74, 6) is -0.142. The number of aliphatic hydroxyl groups excluding tert-OH is 5. The summed E-state index contributed by atoms with van der Waals surface area (Å²) >= 11 is 0. The predicted molar refractivity (Wildman–Crippen MR) is 290 cm³/mol. The molecule has 1 rings (SSSR count). The first-order valence-electron chi connectivity index (χ1n) is 29.3. The second-order valence-corrected chi connectivity index (χ2v) is 20.4. The molecule has 6 N–H and O–H groups in total. The molecule has 7 unspecified atom stereocenters. The molecule has 0 aromatic carbocycles. The Morgan fingerprint density at radius 1 is 0.507 bits per heavy atom. The maximum atomic E-state index is 13.0. The van der Waals surface area contributed by atoms with Gasteiger partial charge < -0.3 is 40.3 Å². The van der Waals surface area contributed by atoms with E-state index in [4.69, 9.17) is 9.47 Å². The Bertz CT molecular complexity index is 1220. The van der Waals surface area contributed by atoms with E-state index in [9.17, 15) is 30.3 Å². The third-order valence-electron chi connectivity index (χ3n) is 13.9. The largest absolute Gasteiger partial charge is 0.394 e. The van der Waals surface area contributed by atoms with Gasteiger partial charge in [-0.15, -0.1) is 0 Å². The van der Waals surface area contributed by atoms with Crippen LogP contribution in [-0.4, -0.2) is 87.5 Å². The molecule has 9 nitrogen and oxygen atoms in total. The van der Waals surface area contributed by atoms with E-state index < -0.39 is 49.5 Å². The monoisotopic (exact) mass is 974 g/mol. The number of carbonyl (C=O) groups excluding carboxylic acids is 1. The Labute approximate surface area is 424 Å². The first-order valence-corrected chi connectivity index (χ1v) is 29.3. The van der Waals surface area contributed by atoms with Gasteiger partial charge in [-0.25, -0.2) is 0 Å². The lowest BCUT2D eigenvalue weighted by Gasteiger charge is -2.40. The van der Waals surface area contributed by atoms with Crippen molar-refractivity contribution in [3.8, 4) is 0 Å². The summed E-state index contributed by atoms with van der Waals surface area (Å²) in [7, 11) is 0. The molecule has 0 aromatic rings. The zero-order chi connectivity index (χ0) is 50.1. The standard InChI is InChI=1S/C60H111NO8/c1-3-5-7-9-11-13-15-16-17-18-19-20-21-22-23-24-25-26-27-28-29-30-31-32-33-34-35-36-37-38-40-42-44-46-48-50-56(64)61-53(52-68-60-59(67)58(66)57(65)55(51-62)69-60)54(63)49-47-45-43-41-39-14-12-10-8-6-4-2/h5,7,11,13,16-17,19-20,53-55,57-60,62-63,65-67H,3-4,6,8-10,12,14-15,18,21-52H2,1-2H3,(H,61,64)/b7-5-,13-11-,17-16-,20-19-. The number of ether oxygens (including phenoxy) is 2. The van der Waals surface area contributed by atoms with Crippen LogP contribution < -0.4 is 5.32 Å². The minimum Gasteiger partial charge on any atom is -0.394 e. The van der Waals surface area contributed by atoms with Crippen LogP contribution in [0.2, 0.25) is 0 Å². The highest BCUT2D eigenvalue weighted by molar-refractivity contribution is 5.76. The summed E-state index contributed by atoms with van der Waals surface area (Å²) in [5, 5.41) is 54.5. The summed E-state index contributed by atoms with van der Waals surface area (Å²) in [6.07, 6.45) is 58.8. The van der Waals surface area contributed by atoms with Crippen molar-refractivity contribution < 1.29 is 39.8 Å². The van der Waals surface area contributed by atoms with Crippen LogP contribution in [0, 0.1) is 0 Å². The molecule has 404 valence electrons. The summed E-state index contributed by atoms with van der Waals surface area (Å²) < 4.78 is 11.3. The molecule has 69 heavy (non-hydrogen) atoms. The van der Waals surface area contributed by atoms with Crippen molar-refractivity contribution in [2.75, 3.05) is 13.2 Å². The molecule has 1 heterocycles. The van der Waals surface area contributed by atoms with E-state index in [2.05, 4.69) is 67.8 Å². The number of nitrogens with one attached hydrogen (secondary N) is 1. The Morgan fingerprint density at radius 3 is 1.33 bits per heavy atom. The fourth-order valence-electron chi connectivity index (χ4n) is 9.33. The van der Waals surface area contributed by atoms with E-state index in [1.54, 1.807) is 0 Å². The molecule has 0 saturated carbocycles. The molecule has 0 bridgehead atoms. The van der Waals surface area contributed by atoms with E-state index in [0.29, 0.717) is 12.8 Å². The van der Waals surface area contributed by atoms with E-state index in [1.165, 1.54) is 180 Å². The van der Waals surface area contributed by atoms with Crippen molar-refractivity contribution in [1.82, 2.24) is 5.32 Å². The Morgan fingerprint density at radius 2 is 0.899 bits per heavy atom. The normalized spacial score (nSPS) is 19.8. The highest BCUT2D eigenvalue weighted by atomic mass is 16.7. The summed E-state index contributed by atoms with van der Waals surface area (Å²) in [4.78, 5) is 13.0. The van der Waals surface area contributed by atoms with Gasteiger partial charge in [0.2, 0.25) is 5.91 Å². The molecule has 9 heteroatoms. The Balaban J connectivity index is 2.05. The van der Waals surface area contributed by atoms with Crippen molar-refractivity contribution in [2.45, 2.75) is 314 Å². The number of allylic oxidation sites excluding steroid dienone is 8. The molecule has 0 aliphatic carbocycles. The van der Waals surface area contributed by atoms with Crippen LogP contribution in [0.4, 0.5) is 0 Å². The Hall–Kier alpha value is -1.85. The minimum atomic E-state index is -1.55. The van der Waals surface area contributed by atoms with Crippen molar-refractivity contribution in [1.29, 1.82) is 0 Å². The first-order chi connectivity index (χ1) is 33.8. The number of rotatable bonds is 50. The van der Waals surface area contributed by atoms with Crippen molar-refractivity contribution in [3.05, 3.63) is 48.6 Å². The van der Waals surface area contributed by atoms with E-state index >= 15 is 0 Å². The zero-order valence-electron chi connectivity index (χ0n) is 44.8. The second-order valence-electron chi connectivity index (χ2n) is 20.4. The molecular weight excluding hydrogens is 863 g/mol. The van der Waals surface area contributed by atoms with Crippen molar-refractivity contribution in [3.63, 3.8) is 0 Å². The van der Waals surface area contributed by atoms with Gasteiger partial charge in [0.1, 0.15) is 24.4 Å². The molecule has 1 amide bonds. The lowest BCUT2D eigenvalue weighted by molar-refractivity contribution is -0.302. The third-order valence-corrected chi connectivity index (χ3v) is 13.9. The van der Waals surface area contributed by atoms with Crippen LogP contribution in [0.1, 0.15) is 271 Å². The number of hydrogen-bond donors (Lipinski definition) is 6. The highest BCUT2D eigenvalue weighted by Gasteiger charge is 2.44. The summed E-state index contributed by atoms with van der Waals surface area (Å²) in [5.41, 5.74) is 0. The van der Waals surface area contributed by atoms with Crippen LogP contribution >= 0.6 is 0 Å². The molecule has 7 atom stereocenters. The molecule has 1 aliphatic rings. The summed E-state index contributed by atoms with van der Waals surface area (Å²) in [6.45, 7) is 3.73. The predicted octanol–water partition coefficient (Wildman–Crippen LogP) is 14.5. The molecule has 1 saturated heterocycles. The van der Waals surface area contributed by atoms with Gasteiger partial charge in [0.25, 0.3) is 0 Å². The lowest BCUT2D eigenvalue weighted by atomic mass is 9.99. The van der Waals surface area contributed by atoms with Crippen LogP contribution in [0.5, 0.6) is 0 Å². The minimum absolute atomic E-state index is 0.135. The van der Waals surface area contributed by atoms with Gasteiger partial charge in [0, 0.05) is 6.42 Å². The maximum Gasteiger partial charge on any atom is 0.220 e. The van der Waals surface area contributed by atoms with Gasteiger partial charge in [-0.2, -0.15) is 0 Å². The average molecular weight is 975 g/mol. The van der Waals surface area contributed by atoms with Gasteiger partial charge in [0.15, 0.2) is 6.29 Å². The van der Waals surface area contributed by atoms with Crippen LogP contribution in [-0.2, 0) is 14.3 Å². The van der Waals surface area contributed by atoms with Crippen LogP contribution in [0.15, 0.2) is 48.6 Å². The first kappa shape index (κ1) is 65.2. The number of aliphatic hydroxyl groups is 5. The fraction of sp³-hybridized carbons (Fsp3) is 0.850. The van der Waals surface area contributed by atoms with Crippen LogP contribution in [0.25, 0.3) is 0 Å². The van der Waals surface area contributed by atoms with E-state index in [-0.39, 0.29) is 12.5 Å². The summed E-state index contributed by atoms with van der Waals surface area (Å²) in [6, 6.07) is -0.716. The van der Waals surface area contributed by atoms with Gasteiger partial charge in [0.05, 0.1) is 25.4 Å².